The van der Waals surface area contributed by atoms with E-state index < -0.39 is 0 Å². The molecule has 1 aliphatic rings. The molecule has 1 aliphatic carbocycles. The molecule has 3 rings (SSSR count). The second kappa shape index (κ2) is 4.26. The number of imidazole rings is 1. The quantitative estimate of drug-likeness (QED) is 0.824. The SMILES string of the molecule is CC1CCC(Cn2c(=S)[nH]c3cccnc32)C1. The van der Waals surface area contributed by atoms with Gasteiger partial charge in [0.2, 0.25) is 0 Å². The lowest BCUT2D eigenvalue weighted by molar-refractivity contribution is 0.443. The molecule has 1 fully saturated rings. The van der Waals surface area contributed by atoms with Gasteiger partial charge in [0.15, 0.2) is 10.4 Å². The fourth-order valence-corrected chi connectivity index (χ4v) is 3.18. The second-order valence-electron chi connectivity index (χ2n) is 5.20. The predicted octanol–water partition coefficient (Wildman–Crippen LogP) is 3.53. The van der Waals surface area contributed by atoms with E-state index in [0.29, 0.717) is 0 Å². The van der Waals surface area contributed by atoms with Crippen LogP contribution in [0.25, 0.3) is 11.2 Å². The molecule has 2 unspecified atom stereocenters. The first-order valence-electron chi connectivity index (χ1n) is 6.27. The lowest BCUT2D eigenvalue weighted by Crippen LogP contribution is -2.08. The third-order valence-electron chi connectivity index (χ3n) is 3.77. The molecule has 3 nitrogen and oxygen atoms in total. The molecular formula is C13H17N3S. The Morgan fingerprint density at radius 3 is 3.18 bits per heavy atom. The summed E-state index contributed by atoms with van der Waals surface area (Å²) in [7, 11) is 0. The van der Waals surface area contributed by atoms with Crippen molar-refractivity contribution in [2.75, 3.05) is 0 Å². The van der Waals surface area contributed by atoms with Gasteiger partial charge in [0.25, 0.3) is 0 Å². The molecule has 2 aromatic rings. The molecule has 4 heteroatoms. The van der Waals surface area contributed by atoms with Gasteiger partial charge in [-0.2, -0.15) is 0 Å². The van der Waals surface area contributed by atoms with Crippen molar-refractivity contribution in [3.63, 3.8) is 0 Å². The normalized spacial score (nSPS) is 24.5. The summed E-state index contributed by atoms with van der Waals surface area (Å²) in [5, 5.41) is 0. The van der Waals surface area contributed by atoms with Gasteiger partial charge in [-0.3, -0.25) is 0 Å². The van der Waals surface area contributed by atoms with E-state index in [-0.39, 0.29) is 0 Å². The average molecular weight is 247 g/mol. The van der Waals surface area contributed by atoms with Crippen molar-refractivity contribution in [3.8, 4) is 0 Å². The monoisotopic (exact) mass is 247 g/mol. The molecule has 0 radical (unpaired) electrons. The second-order valence-corrected chi connectivity index (χ2v) is 5.59. The summed E-state index contributed by atoms with van der Waals surface area (Å²) in [4.78, 5) is 7.66. The molecule has 0 aliphatic heterocycles. The Bertz CT molecular complexity index is 584. The van der Waals surface area contributed by atoms with E-state index in [1.54, 1.807) is 0 Å². The van der Waals surface area contributed by atoms with Crippen LogP contribution in [0.1, 0.15) is 26.2 Å². The van der Waals surface area contributed by atoms with Crippen molar-refractivity contribution < 1.29 is 0 Å². The van der Waals surface area contributed by atoms with Gasteiger partial charge in [-0.25, -0.2) is 4.98 Å². The molecule has 17 heavy (non-hydrogen) atoms. The van der Waals surface area contributed by atoms with Crippen molar-refractivity contribution in [1.29, 1.82) is 0 Å². The zero-order valence-electron chi connectivity index (χ0n) is 10.0. The minimum atomic E-state index is 0.762. The average Bonchev–Trinajstić information content (AvgIpc) is 2.85. The number of H-pyrrole nitrogens is 1. The third-order valence-corrected chi connectivity index (χ3v) is 4.10. The van der Waals surface area contributed by atoms with Crippen LogP contribution in [-0.2, 0) is 6.54 Å². The number of nitrogens with zero attached hydrogens (tertiary/aromatic N) is 2. The van der Waals surface area contributed by atoms with Gasteiger partial charge >= 0.3 is 0 Å². The highest BCUT2D eigenvalue weighted by atomic mass is 32.1. The maximum atomic E-state index is 5.38. The molecule has 0 aromatic carbocycles. The third kappa shape index (κ3) is 2.02. The van der Waals surface area contributed by atoms with Gasteiger partial charge in [0, 0.05) is 12.7 Å². The molecule has 1 N–H and O–H groups in total. The van der Waals surface area contributed by atoms with Crippen molar-refractivity contribution >= 4 is 23.4 Å². The zero-order valence-corrected chi connectivity index (χ0v) is 10.8. The van der Waals surface area contributed by atoms with Crippen LogP contribution >= 0.6 is 12.2 Å². The number of pyridine rings is 1. The molecule has 0 saturated heterocycles. The van der Waals surface area contributed by atoms with Crippen LogP contribution in [0.15, 0.2) is 18.3 Å². The molecule has 2 aromatic heterocycles. The molecule has 2 atom stereocenters. The molecule has 2 heterocycles. The summed E-state index contributed by atoms with van der Waals surface area (Å²) in [6.45, 7) is 3.35. The minimum absolute atomic E-state index is 0.762. The van der Waals surface area contributed by atoms with Gasteiger partial charge < -0.3 is 9.55 Å². The first-order chi connectivity index (χ1) is 8.24. The van der Waals surface area contributed by atoms with Gasteiger partial charge in [0.1, 0.15) is 0 Å². The Kier molecular flexibility index (Phi) is 2.74. The van der Waals surface area contributed by atoms with Crippen LogP contribution in [0, 0.1) is 16.6 Å². The minimum Gasteiger partial charge on any atom is -0.329 e. The largest absolute Gasteiger partial charge is 0.329 e. The highest BCUT2D eigenvalue weighted by Crippen LogP contribution is 2.32. The smallest absolute Gasteiger partial charge is 0.179 e. The lowest BCUT2D eigenvalue weighted by atomic mass is 10.1. The van der Waals surface area contributed by atoms with Gasteiger partial charge in [0.05, 0.1) is 5.52 Å². The summed E-state index contributed by atoms with van der Waals surface area (Å²) in [5.41, 5.74) is 2.04. The number of aromatic amines is 1. The number of nitrogens with one attached hydrogen (secondary N) is 1. The van der Waals surface area contributed by atoms with E-state index in [9.17, 15) is 0 Å². The summed E-state index contributed by atoms with van der Waals surface area (Å²) < 4.78 is 2.96. The van der Waals surface area contributed by atoms with E-state index in [1.807, 2.05) is 18.3 Å². The maximum Gasteiger partial charge on any atom is 0.179 e. The Morgan fingerprint density at radius 2 is 2.41 bits per heavy atom. The Morgan fingerprint density at radius 1 is 1.53 bits per heavy atom. The van der Waals surface area contributed by atoms with Crippen molar-refractivity contribution in [1.82, 2.24) is 14.5 Å². The van der Waals surface area contributed by atoms with E-state index in [2.05, 4.69) is 21.5 Å². The van der Waals surface area contributed by atoms with Crippen LogP contribution in [0.5, 0.6) is 0 Å². The fourth-order valence-electron chi connectivity index (χ4n) is 2.91. The molecular weight excluding hydrogens is 230 g/mol. The highest BCUT2D eigenvalue weighted by Gasteiger charge is 2.22. The van der Waals surface area contributed by atoms with Crippen LogP contribution in [-0.4, -0.2) is 14.5 Å². The van der Waals surface area contributed by atoms with E-state index >= 15 is 0 Å². The lowest BCUT2D eigenvalue weighted by Gasteiger charge is -2.10. The molecule has 1 saturated carbocycles. The van der Waals surface area contributed by atoms with Gasteiger partial charge in [-0.05, 0) is 49.0 Å². The highest BCUT2D eigenvalue weighted by molar-refractivity contribution is 7.71. The van der Waals surface area contributed by atoms with E-state index in [1.165, 1.54) is 19.3 Å². The maximum absolute atomic E-state index is 5.38. The van der Waals surface area contributed by atoms with E-state index in [4.69, 9.17) is 12.2 Å². The van der Waals surface area contributed by atoms with Crippen molar-refractivity contribution in [3.05, 3.63) is 23.1 Å². The van der Waals surface area contributed by atoms with Crippen LogP contribution in [0.4, 0.5) is 0 Å². The topological polar surface area (TPSA) is 33.6 Å². The number of aromatic nitrogens is 3. The standard InChI is InChI=1S/C13H17N3S/c1-9-4-5-10(7-9)8-16-12-11(15-13(16)17)3-2-6-14-12/h2-3,6,9-10H,4-5,7-8H2,1H3,(H,15,17). The number of fused-ring (bicyclic) bond motifs is 1. The number of hydrogen-bond donors (Lipinski definition) is 1. The predicted molar refractivity (Wildman–Crippen MR) is 71.4 cm³/mol. The summed E-state index contributed by atoms with van der Waals surface area (Å²) in [5.74, 6) is 1.63. The molecule has 0 amide bonds. The van der Waals surface area contributed by atoms with E-state index in [0.717, 1.165) is 34.3 Å². The van der Waals surface area contributed by atoms with Gasteiger partial charge in [-0.1, -0.05) is 13.3 Å². The molecule has 90 valence electrons. The number of rotatable bonds is 2. The molecule has 0 bridgehead atoms. The summed E-state index contributed by atoms with van der Waals surface area (Å²) in [6.07, 6.45) is 5.83. The van der Waals surface area contributed by atoms with Crippen molar-refractivity contribution in [2.24, 2.45) is 11.8 Å². The van der Waals surface area contributed by atoms with Crippen LogP contribution in [0.2, 0.25) is 0 Å². The fraction of sp³-hybridized carbons (Fsp3) is 0.538. The summed E-state index contributed by atoms with van der Waals surface area (Å²) >= 11 is 5.38. The first-order valence-corrected chi connectivity index (χ1v) is 6.68. The Balaban J connectivity index is 1.94. The zero-order chi connectivity index (χ0) is 11.8. The Hall–Kier alpha value is -1.16. The van der Waals surface area contributed by atoms with Gasteiger partial charge in [-0.15, -0.1) is 0 Å². The first kappa shape index (κ1) is 11.0. The number of hydrogen-bond acceptors (Lipinski definition) is 2. The Labute approximate surface area is 106 Å². The molecule has 0 spiro atoms. The van der Waals surface area contributed by atoms with Crippen molar-refractivity contribution in [2.45, 2.75) is 32.7 Å². The summed E-state index contributed by atoms with van der Waals surface area (Å²) in [6, 6.07) is 3.97. The van der Waals surface area contributed by atoms with Crippen LogP contribution in [0.3, 0.4) is 0 Å². The van der Waals surface area contributed by atoms with Crippen LogP contribution < -0.4 is 0 Å².